The monoisotopic (exact) mass is 286 g/mol. The molecule has 1 aliphatic carbocycles. The maximum absolute atomic E-state index is 6.04. The molecule has 2 aromatic rings. The minimum absolute atomic E-state index is 0.184. The van der Waals surface area contributed by atoms with E-state index in [2.05, 4.69) is 32.9 Å². The minimum atomic E-state index is 0.184. The number of rotatable bonds is 3. The second-order valence-electron chi connectivity index (χ2n) is 6.92. The summed E-state index contributed by atoms with van der Waals surface area (Å²) in [4.78, 5) is 0. The van der Waals surface area contributed by atoms with Crippen LogP contribution in [0, 0.1) is 10.8 Å². The Kier molecular flexibility index (Phi) is 2.84. The standard InChI is InChI=1S/C17H22N2O2/c1-16(2)14(17(16,3)4)13-12(15(18)21-19-13)10-7-6-8-11(9-10)20-5/h6-9,14H,18H2,1-5H3. The van der Waals surface area contributed by atoms with E-state index in [0.717, 1.165) is 22.6 Å². The van der Waals surface area contributed by atoms with Gasteiger partial charge in [0.1, 0.15) is 5.75 Å². The van der Waals surface area contributed by atoms with Gasteiger partial charge in [-0.2, -0.15) is 0 Å². The van der Waals surface area contributed by atoms with E-state index in [1.807, 2.05) is 24.3 Å². The zero-order valence-electron chi connectivity index (χ0n) is 13.2. The Labute approximate surface area is 125 Å². The molecule has 1 aliphatic rings. The molecule has 0 radical (unpaired) electrons. The van der Waals surface area contributed by atoms with Crippen molar-refractivity contribution >= 4 is 5.88 Å². The zero-order chi connectivity index (χ0) is 15.4. The Hall–Kier alpha value is -1.97. The van der Waals surface area contributed by atoms with E-state index in [4.69, 9.17) is 15.0 Å². The van der Waals surface area contributed by atoms with E-state index < -0.39 is 0 Å². The lowest BCUT2D eigenvalue weighted by Gasteiger charge is -2.06. The van der Waals surface area contributed by atoms with Crippen LogP contribution in [0.25, 0.3) is 11.1 Å². The maximum Gasteiger partial charge on any atom is 0.230 e. The summed E-state index contributed by atoms with van der Waals surface area (Å²) in [5, 5.41) is 4.26. The molecule has 21 heavy (non-hydrogen) atoms. The van der Waals surface area contributed by atoms with E-state index in [0.29, 0.717) is 11.8 Å². The van der Waals surface area contributed by atoms with Crippen LogP contribution < -0.4 is 10.5 Å². The molecule has 4 nitrogen and oxygen atoms in total. The highest BCUT2D eigenvalue weighted by Gasteiger charge is 2.67. The highest BCUT2D eigenvalue weighted by Crippen LogP contribution is 2.74. The summed E-state index contributed by atoms with van der Waals surface area (Å²) < 4.78 is 10.6. The average Bonchev–Trinajstić information content (AvgIpc) is 2.72. The second kappa shape index (κ2) is 4.26. The minimum Gasteiger partial charge on any atom is -0.497 e. The van der Waals surface area contributed by atoms with Gasteiger partial charge in [-0.1, -0.05) is 45.0 Å². The van der Waals surface area contributed by atoms with Crippen molar-refractivity contribution in [1.29, 1.82) is 0 Å². The van der Waals surface area contributed by atoms with Gasteiger partial charge in [-0.3, -0.25) is 0 Å². The molecule has 0 aliphatic heterocycles. The predicted molar refractivity (Wildman–Crippen MR) is 83.2 cm³/mol. The third kappa shape index (κ3) is 1.85. The molecule has 1 aromatic heterocycles. The van der Waals surface area contributed by atoms with Gasteiger partial charge in [0.2, 0.25) is 5.88 Å². The Balaban J connectivity index is 2.11. The van der Waals surface area contributed by atoms with Crippen molar-refractivity contribution in [1.82, 2.24) is 5.16 Å². The van der Waals surface area contributed by atoms with E-state index >= 15 is 0 Å². The average molecular weight is 286 g/mol. The first kappa shape index (κ1) is 14.0. The normalized spacial score (nSPS) is 19.5. The van der Waals surface area contributed by atoms with Gasteiger partial charge < -0.3 is 15.0 Å². The molecule has 4 heteroatoms. The maximum atomic E-state index is 6.04. The Morgan fingerprint density at radius 2 is 1.86 bits per heavy atom. The fourth-order valence-corrected chi connectivity index (χ4v) is 3.46. The fourth-order valence-electron chi connectivity index (χ4n) is 3.46. The molecule has 0 bridgehead atoms. The number of nitrogen functional groups attached to an aromatic ring is 1. The number of ether oxygens (including phenoxy) is 1. The quantitative estimate of drug-likeness (QED) is 0.923. The number of methoxy groups -OCH3 is 1. The number of aromatic nitrogens is 1. The molecule has 0 saturated heterocycles. The Morgan fingerprint density at radius 1 is 1.19 bits per heavy atom. The van der Waals surface area contributed by atoms with Gasteiger partial charge in [-0.05, 0) is 28.5 Å². The molecule has 0 spiro atoms. The lowest BCUT2D eigenvalue weighted by atomic mass is 9.99. The SMILES string of the molecule is COc1cccc(-c2c(C3C(C)(C)C3(C)C)noc2N)c1. The van der Waals surface area contributed by atoms with Gasteiger partial charge in [0.25, 0.3) is 0 Å². The lowest BCUT2D eigenvalue weighted by Crippen LogP contribution is -1.95. The number of hydrogen-bond acceptors (Lipinski definition) is 4. The molecule has 112 valence electrons. The van der Waals surface area contributed by atoms with Gasteiger partial charge in [-0.15, -0.1) is 0 Å². The third-order valence-corrected chi connectivity index (χ3v) is 5.40. The summed E-state index contributed by atoms with van der Waals surface area (Å²) in [6, 6.07) is 7.84. The molecule has 0 unspecified atom stereocenters. The molecule has 3 rings (SSSR count). The number of anilines is 1. The molecular formula is C17H22N2O2. The van der Waals surface area contributed by atoms with E-state index in [9.17, 15) is 0 Å². The third-order valence-electron chi connectivity index (χ3n) is 5.40. The van der Waals surface area contributed by atoms with Crippen molar-refractivity contribution < 1.29 is 9.26 Å². The number of nitrogens with two attached hydrogens (primary N) is 1. The largest absolute Gasteiger partial charge is 0.497 e. The summed E-state index contributed by atoms with van der Waals surface area (Å²) in [6.45, 7) is 9.05. The summed E-state index contributed by atoms with van der Waals surface area (Å²) in [7, 11) is 1.66. The molecular weight excluding hydrogens is 264 g/mol. The predicted octanol–water partition coefficient (Wildman–Crippen LogP) is 4.08. The first-order valence-electron chi connectivity index (χ1n) is 7.20. The summed E-state index contributed by atoms with van der Waals surface area (Å²) >= 11 is 0. The van der Waals surface area contributed by atoms with Crippen molar-refractivity contribution in [3.05, 3.63) is 30.0 Å². The smallest absolute Gasteiger partial charge is 0.230 e. The van der Waals surface area contributed by atoms with Crippen molar-refractivity contribution in [2.45, 2.75) is 33.6 Å². The summed E-state index contributed by atoms with van der Waals surface area (Å²) in [6.07, 6.45) is 0. The van der Waals surface area contributed by atoms with Crippen LogP contribution >= 0.6 is 0 Å². The molecule has 1 saturated carbocycles. The van der Waals surface area contributed by atoms with Crippen LogP contribution in [0.4, 0.5) is 5.88 Å². The molecule has 1 aromatic carbocycles. The van der Waals surface area contributed by atoms with Crippen LogP contribution in [-0.2, 0) is 0 Å². The Bertz CT molecular complexity index is 672. The number of hydrogen-bond donors (Lipinski definition) is 1. The molecule has 0 atom stereocenters. The first-order valence-corrected chi connectivity index (χ1v) is 7.20. The van der Waals surface area contributed by atoms with Crippen LogP contribution in [0.1, 0.15) is 39.3 Å². The second-order valence-corrected chi connectivity index (χ2v) is 6.92. The van der Waals surface area contributed by atoms with Crippen LogP contribution in [0.5, 0.6) is 5.75 Å². The van der Waals surface area contributed by atoms with E-state index in [1.165, 1.54) is 0 Å². The van der Waals surface area contributed by atoms with Crippen LogP contribution in [0.2, 0.25) is 0 Å². The lowest BCUT2D eigenvalue weighted by molar-refractivity contribution is 0.415. The van der Waals surface area contributed by atoms with Crippen molar-refractivity contribution in [3.8, 4) is 16.9 Å². The van der Waals surface area contributed by atoms with Crippen molar-refractivity contribution in [3.63, 3.8) is 0 Å². The topological polar surface area (TPSA) is 61.3 Å². The van der Waals surface area contributed by atoms with Crippen LogP contribution in [0.3, 0.4) is 0 Å². The number of nitrogens with zero attached hydrogens (tertiary/aromatic N) is 1. The van der Waals surface area contributed by atoms with Gasteiger partial charge in [0, 0.05) is 5.92 Å². The molecule has 1 fully saturated rings. The van der Waals surface area contributed by atoms with Gasteiger partial charge in [-0.25, -0.2) is 0 Å². The van der Waals surface area contributed by atoms with Crippen molar-refractivity contribution in [2.24, 2.45) is 10.8 Å². The van der Waals surface area contributed by atoms with E-state index in [-0.39, 0.29) is 10.8 Å². The molecule has 0 amide bonds. The van der Waals surface area contributed by atoms with E-state index in [1.54, 1.807) is 7.11 Å². The van der Waals surface area contributed by atoms with Crippen LogP contribution in [0.15, 0.2) is 28.8 Å². The summed E-state index contributed by atoms with van der Waals surface area (Å²) in [5.41, 5.74) is 9.25. The Morgan fingerprint density at radius 3 is 2.43 bits per heavy atom. The van der Waals surface area contributed by atoms with Gasteiger partial charge >= 0.3 is 0 Å². The zero-order valence-corrected chi connectivity index (χ0v) is 13.2. The van der Waals surface area contributed by atoms with Gasteiger partial charge in [0.15, 0.2) is 0 Å². The first-order chi connectivity index (χ1) is 9.80. The summed E-state index contributed by atoms with van der Waals surface area (Å²) in [5.74, 6) is 1.51. The molecule has 1 heterocycles. The highest BCUT2D eigenvalue weighted by molar-refractivity contribution is 5.77. The number of benzene rings is 1. The van der Waals surface area contributed by atoms with Gasteiger partial charge in [0.05, 0.1) is 18.4 Å². The van der Waals surface area contributed by atoms with Crippen molar-refractivity contribution in [2.75, 3.05) is 12.8 Å². The highest BCUT2D eigenvalue weighted by atomic mass is 16.5. The molecule has 2 N–H and O–H groups in total. The van der Waals surface area contributed by atoms with Crippen LogP contribution in [-0.4, -0.2) is 12.3 Å². The fraction of sp³-hybridized carbons (Fsp3) is 0.471.